The number of halogens is 1. The van der Waals surface area contributed by atoms with Crippen molar-refractivity contribution in [1.82, 2.24) is 0 Å². The highest BCUT2D eigenvalue weighted by Crippen LogP contribution is 2.27. The number of carbonyl (C=O) groups is 1. The van der Waals surface area contributed by atoms with E-state index in [1.54, 1.807) is 7.11 Å². The molecule has 0 fully saturated rings. The van der Waals surface area contributed by atoms with Gasteiger partial charge in [-0.1, -0.05) is 42.8 Å². The molecule has 0 spiro atoms. The summed E-state index contributed by atoms with van der Waals surface area (Å²) in [5.74, 6) is 0.178. The zero-order chi connectivity index (χ0) is 15.2. The number of benzene rings is 2. The van der Waals surface area contributed by atoms with Crippen LogP contribution < -0.4 is 0 Å². The zero-order valence-corrected chi connectivity index (χ0v) is 13.1. The first-order chi connectivity index (χ1) is 10.2. The molecule has 0 radical (unpaired) electrons. The Kier molecular flexibility index (Phi) is 5.54. The van der Waals surface area contributed by atoms with Gasteiger partial charge >= 0.3 is 0 Å². The number of hydrogen-bond donors (Lipinski definition) is 0. The lowest BCUT2D eigenvalue weighted by atomic mass is 9.96. The van der Waals surface area contributed by atoms with Gasteiger partial charge in [0.2, 0.25) is 0 Å². The summed E-state index contributed by atoms with van der Waals surface area (Å²) in [6.07, 6.45) is 1.43. The van der Waals surface area contributed by atoms with Gasteiger partial charge < -0.3 is 4.74 Å². The predicted molar refractivity (Wildman–Crippen MR) is 86.8 cm³/mol. The van der Waals surface area contributed by atoms with Gasteiger partial charge in [-0.3, -0.25) is 4.79 Å². The van der Waals surface area contributed by atoms with Crippen LogP contribution in [0.15, 0.2) is 42.5 Å². The fraction of sp³-hybridized carbons (Fsp3) is 0.278. The highest BCUT2D eigenvalue weighted by atomic mass is 35.5. The minimum atomic E-state index is 0.178. The molecule has 0 unspecified atom stereocenters. The molecule has 0 saturated carbocycles. The Bertz CT molecular complexity index is 618. The molecule has 0 saturated heterocycles. The predicted octanol–water partition coefficient (Wildman–Crippen LogP) is 5.14. The van der Waals surface area contributed by atoms with Gasteiger partial charge in [0.1, 0.15) is 0 Å². The van der Waals surface area contributed by atoms with E-state index in [0.29, 0.717) is 18.1 Å². The highest BCUT2D eigenvalue weighted by Gasteiger charge is 2.10. The van der Waals surface area contributed by atoms with Crippen molar-refractivity contribution in [3.05, 3.63) is 58.6 Å². The third kappa shape index (κ3) is 3.93. The summed E-state index contributed by atoms with van der Waals surface area (Å²) in [6, 6.07) is 13.5. The van der Waals surface area contributed by atoms with Crippen molar-refractivity contribution in [3.8, 4) is 11.1 Å². The third-order valence-electron chi connectivity index (χ3n) is 3.36. The molecule has 0 aliphatic rings. The van der Waals surface area contributed by atoms with Crippen molar-refractivity contribution < 1.29 is 9.53 Å². The highest BCUT2D eigenvalue weighted by molar-refractivity contribution is 6.30. The molecule has 2 aromatic rings. The second-order valence-corrected chi connectivity index (χ2v) is 5.42. The van der Waals surface area contributed by atoms with Crippen LogP contribution in [0.5, 0.6) is 0 Å². The molecule has 2 nitrogen and oxygen atoms in total. The van der Waals surface area contributed by atoms with Crippen molar-refractivity contribution in [1.29, 1.82) is 0 Å². The number of hydrogen-bond acceptors (Lipinski definition) is 2. The Hall–Kier alpha value is -1.64. The molecule has 3 heteroatoms. The Morgan fingerprint density at radius 3 is 2.48 bits per heavy atom. The quantitative estimate of drug-likeness (QED) is 0.691. The van der Waals surface area contributed by atoms with E-state index >= 15 is 0 Å². The van der Waals surface area contributed by atoms with E-state index in [4.69, 9.17) is 16.3 Å². The van der Waals surface area contributed by atoms with Gasteiger partial charge in [0.05, 0.1) is 6.61 Å². The largest absolute Gasteiger partial charge is 0.380 e. The van der Waals surface area contributed by atoms with Gasteiger partial charge in [-0.2, -0.15) is 0 Å². The minimum absolute atomic E-state index is 0.178. The van der Waals surface area contributed by atoms with Crippen LogP contribution in [0, 0.1) is 0 Å². The fourth-order valence-electron chi connectivity index (χ4n) is 2.32. The maximum Gasteiger partial charge on any atom is 0.162 e. The van der Waals surface area contributed by atoms with Crippen LogP contribution in [0.3, 0.4) is 0 Å². The second-order valence-electron chi connectivity index (χ2n) is 4.99. The molecule has 21 heavy (non-hydrogen) atoms. The topological polar surface area (TPSA) is 26.3 Å². The molecule has 0 bridgehead atoms. The van der Waals surface area contributed by atoms with Crippen LogP contribution in [0.25, 0.3) is 11.1 Å². The normalized spacial score (nSPS) is 10.6. The fourth-order valence-corrected chi connectivity index (χ4v) is 2.45. The van der Waals surface area contributed by atoms with Gasteiger partial charge in [-0.05, 0) is 41.3 Å². The van der Waals surface area contributed by atoms with E-state index in [-0.39, 0.29) is 5.78 Å². The standard InChI is InChI=1S/C18H19ClO2/c1-3-4-18(20)14-7-10-17(15(11-14)12-21-2)13-5-8-16(19)9-6-13/h5-11H,3-4,12H2,1-2H3. The Balaban J connectivity index is 2.41. The lowest BCUT2D eigenvalue weighted by Crippen LogP contribution is -2.01. The molecule has 0 atom stereocenters. The van der Waals surface area contributed by atoms with Crippen molar-refractivity contribution in [2.45, 2.75) is 26.4 Å². The number of carbonyl (C=O) groups excluding carboxylic acids is 1. The molecule has 0 N–H and O–H groups in total. The van der Waals surface area contributed by atoms with E-state index in [1.165, 1.54) is 0 Å². The first kappa shape index (κ1) is 15.7. The van der Waals surface area contributed by atoms with Crippen LogP contribution >= 0.6 is 11.6 Å². The van der Waals surface area contributed by atoms with Crippen molar-refractivity contribution in [2.24, 2.45) is 0 Å². The molecule has 0 aliphatic carbocycles. The molecule has 2 aromatic carbocycles. The Labute approximate surface area is 130 Å². The minimum Gasteiger partial charge on any atom is -0.380 e. The number of ketones is 1. The van der Waals surface area contributed by atoms with E-state index in [2.05, 4.69) is 0 Å². The van der Waals surface area contributed by atoms with Crippen molar-refractivity contribution in [2.75, 3.05) is 7.11 Å². The smallest absolute Gasteiger partial charge is 0.162 e. The average molecular weight is 303 g/mol. The molecule has 0 aromatic heterocycles. The van der Waals surface area contributed by atoms with Crippen LogP contribution in [0.1, 0.15) is 35.7 Å². The summed E-state index contributed by atoms with van der Waals surface area (Å²) in [7, 11) is 1.66. The lowest BCUT2D eigenvalue weighted by Gasteiger charge is -2.11. The molecule has 110 valence electrons. The monoisotopic (exact) mass is 302 g/mol. The van der Waals surface area contributed by atoms with Crippen LogP contribution in [-0.4, -0.2) is 12.9 Å². The van der Waals surface area contributed by atoms with E-state index in [9.17, 15) is 4.79 Å². The number of methoxy groups -OCH3 is 1. The summed E-state index contributed by atoms with van der Waals surface area (Å²) >= 11 is 5.93. The van der Waals surface area contributed by atoms with Gasteiger partial charge in [0.15, 0.2) is 5.78 Å². The molecular formula is C18H19ClO2. The van der Waals surface area contributed by atoms with Gasteiger partial charge in [-0.15, -0.1) is 0 Å². The first-order valence-electron chi connectivity index (χ1n) is 7.06. The SMILES string of the molecule is CCCC(=O)c1ccc(-c2ccc(Cl)cc2)c(COC)c1. The number of Topliss-reactive ketones (excluding diaryl/α,β-unsaturated/α-hetero) is 1. The maximum absolute atomic E-state index is 12.0. The summed E-state index contributed by atoms with van der Waals surface area (Å²) in [6.45, 7) is 2.49. The van der Waals surface area contributed by atoms with Crippen LogP contribution in [0.2, 0.25) is 5.02 Å². The summed E-state index contributed by atoms with van der Waals surface area (Å²) in [5, 5.41) is 0.710. The molecule has 0 heterocycles. The Morgan fingerprint density at radius 1 is 1.14 bits per heavy atom. The zero-order valence-electron chi connectivity index (χ0n) is 12.4. The Morgan fingerprint density at radius 2 is 1.86 bits per heavy atom. The summed E-state index contributed by atoms with van der Waals surface area (Å²) in [5.41, 5.74) is 3.91. The maximum atomic E-state index is 12.0. The second kappa shape index (κ2) is 7.39. The van der Waals surface area contributed by atoms with E-state index < -0.39 is 0 Å². The number of rotatable bonds is 6. The summed E-state index contributed by atoms with van der Waals surface area (Å²) < 4.78 is 5.27. The van der Waals surface area contributed by atoms with Gasteiger partial charge in [0, 0.05) is 24.1 Å². The van der Waals surface area contributed by atoms with E-state index in [0.717, 1.165) is 28.7 Å². The molecule has 0 aliphatic heterocycles. The molecule has 0 amide bonds. The lowest BCUT2D eigenvalue weighted by molar-refractivity contribution is 0.0981. The number of ether oxygens (including phenoxy) is 1. The average Bonchev–Trinajstić information content (AvgIpc) is 2.49. The van der Waals surface area contributed by atoms with Crippen LogP contribution in [0.4, 0.5) is 0 Å². The summed E-state index contributed by atoms with van der Waals surface area (Å²) in [4.78, 5) is 12.0. The molecular weight excluding hydrogens is 284 g/mol. The van der Waals surface area contributed by atoms with Crippen molar-refractivity contribution in [3.63, 3.8) is 0 Å². The van der Waals surface area contributed by atoms with Crippen LogP contribution in [-0.2, 0) is 11.3 Å². The van der Waals surface area contributed by atoms with Gasteiger partial charge in [0.25, 0.3) is 0 Å². The first-order valence-corrected chi connectivity index (χ1v) is 7.44. The molecule has 2 rings (SSSR count). The van der Waals surface area contributed by atoms with Crippen molar-refractivity contribution >= 4 is 17.4 Å². The van der Waals surface area contributed by atoms with E-state index in [1.807, 2.05) is 49.4 Å². The van der Waals surface area contributed by atoms with Gasteiger partial charge in [-0.25, -0.2) is 0 Å². The third-order valence-corrected chi connectivity index (χ3v) is 3.61.